The van der Waals surface area contributed by atoms with Crippen molar-refractivity contribution in [1.29, 1.82) is 0 Å². The highest BCUT2D eigenvalue weighted by molar-refractivity contribution is 7.89. The molecule has 132 valence electrons. The van der Waals surface area contributed by atoms with Crippen LogP contribution in [-0.4, -0.2) is 38.8 Å². The quantitative estimate of drug-likeness (QED) is 0.859. The molecule has 2 aromatic carbocycles. The van der Waals surface area contributed by atoms with E-state index in [-0.39, 0.29) is 16.8 Å². The molecule has 1 amide bonds. The van der Waals surface area contributed by atoms with E-state index in [0.29, 0.717) is 17.0 Å². The first-order valence-corrected chi connectivity index (χ1v) is 9.39. The van der Waals surface area contributed by atoms with Gasteiger partial charge in [-0.3, -0.25) is 4.79 Å². The topological polar surface area (TPSA) is 75.7 Å². The number of sulfonamides is 1. The monoisotopic (exact) mass is 360 g/mol. The summed E-state index contributed by atoms with van der Waals surface area (Å²) in [6.45, 7) is 0. The molecule has 2 aromatic rings. The molecule has 0 spiro atoms. The molecule has 1 fully saturated rings. The Morgan fingerprint density at radius 1 is 1.08 bits per heavy atom. The van der Waals surface area contributed by atoms with Crippen molar-refractivity contribution in [2.45, 2.75) is 23.8 Å². The summed E-state index contributed by atoms with van der Waals surface area (Å²) < 4.78 is 31.4. The molecule has 3 rings (SSSR count). The molecule has 1 saturated carbocycles. The van der Waals surface area contributed by atoms with Gasteiger partial charge >= 0.3 is 0 Å². The molecule has 0 aromatic heterocycles. The number of amides is 1. The number of hydrogen-bond donors (Lipinski definition) is 1. The van der Waals surface area contributed by atoms with Gasteiger partial charge in [0.1, 0.15) is 5.75 Å². The number of hydrogen-bond acceptors (Lipinski definition) is 4. The number of benzene rings is 2. The highest BCUT2D eigenvalue weighted by Gasteiger charge is 2.34. The number of rotatable bonds is 6. The lowest BCUT2D eigenvalue weighted by Gasteiger charge is -2.16. The van der Waals surface area contributed by atoms with Crippen molar-refractivity contribution in [2.75, 3.05) is 19.5 Å². The van der Waals surface area contributed by atoms with E-state index >= 15 is 0 Å². The standard InChI is InChI=1S/C18H20N2O4S/c1-20(15-7-8-15)25(22,23)17-11-3-13(4-12-17)18(21)19-14-5-9-16(24-2)10-6-14/h3-6,9-12,15H,7-8H2,1-2H3,(H,19,21). The van der Waals surface area contributed by atoms with Crippen LogP contribution < -0.4 is 10.1 Å². The van der Waals surface area contributed by atoms with Crippen LogP contribution >= 0.6 is 0 Å². The average molecular weight is 360 g/mol. The molecule has 0 bridgehead atoms. The summed E-state index contributed by atoms with van der Waals surface area (Å²) in [5.74, 6) is 0.400. The fraction of sp³-hybridized carbons (Fsp3) is 0.278. The molecule has 0 heterocycles. The summed E-state index contributed by atoms with van der Waals surface area (Å²) in [5.41, 5.74) is 1.03. The van der Waals surface area contributed by atoms with E-state index in [0.717, 1.165) is 12.8 Å². The Morgan fingerprint density at radius 2 is 1.68 bits per heavy atom. The molecule has 0 radical (unpaired) electrons. The van der Waals surface area contributed by atoms with Crippen LogP contribution in [0, 0.1) is 0 Å². The predicted molar refractivity (Wildman–Crippen MR) is 95.4 cm³/mol. The third-order valence-corrected chi connectivity index (χ3v) is 6.13. The van der Waals surface area contributed by atoms with Crippen molar-refractivity contribution >= 4 is 21.6 Å². The predicted octanol–water partition coefficient (Wildman–Crippen LogP) is 2.73. The SMILES string of the molecule is COc1ccc(NC(=O)c2ccc(S(=O)(=O)N(C)C3CC3)cc2)cc1. The zero-order valence-corrected chi connectivity index (χ0v) is 14.9. The summed E-state index contributed by atoms with van der Waals surface area (Å²) in [7, 11) is -0.329. The van der Waals surface area contributed by atoms with Gasteiger partial charge in [-0.25, -0.2) is 8.42 Å². The maximum atomic E-state index is 12.5. The molecule has 0 aliphatic heterocycles. The molecule has 0 saturated heterocycles. The van der Waals surface area contributed by atoms with Crippen molar-refractivity contribution < 1.29 is 17.9 Å². The molecular weight excluding hydrogens is 340 g/mol. The minimum Gasteiger partial charge on any atom is -0.497 e. The number of anilines is 1. The van der Waals surface area contributed by atoms with Crippen LogP contribution in [0.15, 0.2) is 53.4 Å². The van der Waals surface area contributed by atoms with Crippen LogP contribution in [0.2, 0.25) is 0 Å². The van der Waals surface area contributed by atoms with Gasteiger partial charge in [-0.1, -0.05) is 0 Å². The molecular formula is C18H20N2O4S. The second kappa shape index (κ2) is 6.85. The third-order valence-electron chi connectivity index (χ3n) is 4.20. The normalized spacial score (nSPS) is 14.4. The van der Waals surface area contributed by atoms with Gasteiger partial charge < -0.3 is 10.1 Å². The van der Waals surface area contributed by atoms with Crippen LogP contribution in [0.1, 0.15) is 23.2 Å². The maximum absolute atomic E-state index is 12.5. The van der Waals surface area contributed by atoms with E-state index in [4.69, 9.17) is 4.74 Å². The third kappa shape index (κ3) is 3.83. The van der Waals surface area contributed by atoms with Gasteiger partial charge in [-0.2, -0.15) is 4.31 Å². The van der Waals surface area contributed by atoms with E-state index < -0.39 is 10.0 Å². The van der Waals surface area contributed by atoms with E-state index in [1.54, 1.807) is 38.4 Å². The molecule has 1 N–H and O–H groups in total. The van der Waals surface area contributed by atoms with E-state index in [2.05, 4.69) is 5.32 Å². The lowest BCUT2D eigenvalue weighted by molar-refractivity contribution is 0.102. The van der Waals surface area contributed by atoms with Gasteiger partial charge in [0, 0.05) is 24.3 Å². The molecule has 0 atom stereocenters. The lowest BCUT2D eigenvalue weighted by atomic mass is 10.2. The number of methoxy groups -OCH3 is 1. The Morgan fingerprint density at radius 3 is 2.20 bits per heavy atom. The summed E-state index contributed by atoms with van der Waals surface area (Å²) >= 11 is 0. The second-order valence-corrected chi connectivity index (χ2v) is 7.96. The van der Waals surface area contributed by atoms with E-state index in [1.807, 2.05) is 0 Å². The molecule has 6 nitrogen and oxygen atoms in total. The van der Waals surface area contributed by atoms with Gasteiger partial charge in [0.25, 0.3) is 5.91 Å². The first-order chi connectivity index (χ1) is 11.9. The summed E-state index contributed by atoms with van der Waals surface area (Å²) in [4.78, 5) is 12.5. The summed E-state index contributed by atoms with van der Waals surface area (Å²) in [6, 6.07) is 13.1. The van der Waals surface area contributed by atoms with Crippen molar-refractivity contribution in [2.24, 2.45) is 0 Å². The summed E-state index contributed by atoms with van der Waals surface area (Å²) in [6.07, 6.45) is 1.80. The number of nitrogens with one attached hydrogen (secondary N) is 1. The Bertz CT molecular complexity index is 857. The Labute approximate surface area is 147 Å². The zero-order valence-electron chi connectivity index (χ0n) is 14.1. The Kier molecular flexibility index (Phi) is 4.78. The molecule has 25 heavy (non-hydrogen) atoms. The largest absolute Gasteiger partial charge is 0.497 e. The van der Waals surface area contributed by atoms with Crippen molar-refractivity contribution in [1.82, 2.24) is 4.31 Å². The Hall–Kier alpha value is -2.38. The van der Waals surface area contributed by atoms with Gasteiger partial charge in [0.05, 0.1) is 12.0 Å². The molecule has 7 heteroatoms. The number of nitrogens with zero attached hydrogens (tertiary/aromatic N) is 1. The van der Waals surface area contributed by atoms with Crippen LogP contribution in [0.5, 0.6) is 5.75 Å². The second-order valence-electron chi connectivity index (χ2n) is 5.96. The minimum absolute atomic E-state index is 0.100. The van der Waals surface area contributed by atoms with Gasteiger partial charge in [-0.15, -0.1) is 0 Å². The van der Waals surface area contributed by atoms with Gasteiger partial charge in [0.15, 0.2) is 0 Å². The number of carbonyl (C=O) groups is 1. The molecule has 1 aliphatic carbocycles. The highest BCUT2D eigenvalue weighted by atomic mass is 32.2. The van der Waals surface area contributed by atoms with Crippen molar-refractivity contribution in [3.8, 4) is 5.75 Å². The molecule has 1 aliphatic rings. The smallest absolute Gasteiger partial charge is 0.255 e. The number of carbonyl (C=O) groups excluding carboxylic acids is 1. The Balaban J connectivity index is 1.71. The first-order valence-electron chi connectivity index (χ1n) is 7.95. The van der Waals surface area contributed by atoms with Crippen LogP contribution in [-0.2, 0) is 10.0 Å². The fourth-order valence-corrected chi connectivity index (χ4v) is 3.87. The average Bonchev–Trinajstić information content (AvgIpc) is 3.47. The van der Waals surface area contributed by atoms with E-state index in [1.165, 1.54) is 28.6 Å². The molecule has 0 unspecified atom stereocenters. The van der Waals surface area contributed by atoms with Crippen LogP contribution in [0.25, 0.3) is 0 Å². The highest BCUT2D eigenvalue weighted by Crippen LogP contribution is 2.30. The van der Waals surface area contributed by atoms with E-state index in [9.17, 15) is 13.2 Å². The zero-order chi connectivity index (χ0) is 18.0. The van der Waals surface area contributed by atoms with Crippen LogP contribution in [0.4, 0.5) is 5.69 Å². The van der Waals surface area contributed by atoms with Crippen LogP contribution in [0.3, 0.4) is 0 Å². The first kappa shape index (κ1) is 17.4. The lowest BCUT2D eigenvalue weighted by Crippen LogP contribution is -2.29. The number of ether oxygens (including phenoxy) is 1. The van der Waals surface area contributed by atoms with Crippen molar-refractivity contribution in [3.05, 3.63) is 54.1 Å². The van der Waals surface area contributed by atoms with Gasteiger partial charge in [-0.05, 0) is 61.4 Å². The fourth-order valence-electron chi connectivity index (χ4n) is 2.46. The van der Waals surface area contributed by atoms with Crippen molar-refractivity contribution in [3.63, 3.8) is 0 Å². The summed E-state index contributed by atoms with van der Waals surface area (Å²) in [5, 5.41) is 2.76. The maximum Gasteiger partial charge on any atom is 0.255 e. The minimum atomic E-state index is -3.50. The van der Waals surface area contributed by atoms with Gasteiger partial charge in [0.2, 0.25) is 10.0 Å².